The van der Waals surface area contributed by atoms with Gasteiger partial charge in [-0.3, -0.25) is 0 Å². The summed E-state index contributed by atoms with van der Waals surface area (Å²) in [7, 11) is 0. The van der Waals surface area contributed by atoms with Gasteiger partial charge in [-0.25, -0.2) is 0 Å². The molecule has 2 nitrogen and oxygen atoms in total. The second-order valence-electron chi connectivity index (χ2n) is 5.12. The third-order valence-electron chi connectivity index (χ3n) is 3.02. The molecule has 1 heterocycles. The molecule has 1 atom stereocenters. The molecule has 0 aromatic heterocycles. The van der Waals surface area contributed by atoms with E-state index in [9.17, 15) is 0 Å². The molecular weight excluding hydrogens is 174 g/mol. The summed E-state index contributed by atoms with van der Waals surface area (Å²) in [6.07, 6.45) is 5.59. The average Bonchev–Trinajstić information content (AvgIpc) is 2.64. The third kappa shape index (κ3) is 4.43. The van der Waals surface area contributed by atoms with Gasteiger partial charge in [0.05, 0.1) is 6.10 Å². The van der Waals surface area contributed by atoms with Gasteiger partial charge in [0, 0.05) is 13.2 Å². The van der Waals surface area contributed by atoms with E-state index in [1.54, 1.807) is 0 Å². The van der Waals surface area contributed by atoms with Crippen LogP contribution in [0.25, 0.3) is 0 Å². The highest BCUT2D eigenvalue weighted by Gasteiger charge is 2.21. The van der Waals surface area contributed by atoms with E-state index < -0.39 is 0 Å². The van der Waals surface area contributed by atoms with Gasteiger partial charge in [-0.1, -0.05) is 20.8 Å². The highest BCUT2D eigenvalue weighted by molar-refractivity contribution is 4.75. The molecule has 2 heteroatoms. The van der Waals surface area contributed by atoms with Gasteiger partial charge >= 0.3 is 0 Å². The Labute approximate surface area is 88.4 Å². The van der Waals surface area contributed by atoms with Crippen molar-refractivity contribution in [2.75, 3.05) is 19.7 Å². The van der Waals surface area contributed by atoms with Crippen LogP contribution in [0, 0.1) is 5.41 Å². The van der Waals surface area contributed by atoms with Crippen molar-refractivity contribution < 1.29 is 4.74 Å². The Morgan fingerprint density at radius 3 is 2.79 bits per heavy atom. The smallest absolute Gasteiger partial charge is 0.0576 e. The van der Waals surface area contributed by atoms with Crippen LogP contribution in [0.3, 0.4) is 0 Å². The van der Waals surface area contributed by atoms with Crippen LogP contribution in [0.1, 0.15) is 46.5 Å². The maximum absolute atomic E-state index is 5.63. The van der Waals surface area contributed by atoms with E-state index in [1.807, 2.05) is 0 Å². The molecule has 0 radical (unpaired) electrons. The predicted molar refractivity (Wildman–Crippen MR) is 60.5 cm³/mol. The summed E-state index contributed by atoms with van der Waals surface area (Å²) in [6.45, 7) is 10.0. The van der Waals surface area contributed by atoms with Crippen molar-refractivity contribution in [3.8, 4) is 0 Å². The molecule has 1 fully saturated rings. The molecule has 84 valence electrons. The lowest BCUT2D eigenvalue weighted by atomic mass is 9.86. The molecule has 0 aliphatic carbocycles. The van der Waals surface area contributed by atoms with Gasteiger partial charge in [0.1, 0.15) is 0 Å². The number of hydrogen-bond donors (Lipinski definition) is 1. The number of nitrogens with one attached hydrogen (secondary N) is 1. The van der Waals surface area contributed by atoms with Crippen LogP contribution >= 0.6 is 0 Å². The van der Waals surface area contributed by atoms with Crippen molar-refractivity contribution in [2.24, 2.45) is 5.41 Å². The third-order valence-corrected chi connectivity index (χ3v) is 3.02. The molecule has 1 unspecified atom stereocenters. The monoisotopic (exact) mass is 199 g/mol. The van der Waals surface area contributed by atoms with Crippen molar-refractivity contribution in [1.82, 2.24) is 5.32 Å². The summed E-state index contributed by atoms with van der Waals surface area (Å²) in [6, 6.07) is 0. The Morgan fingerprint density at radius 2 is 2.21 bits per heavy atom. The van der Waals surface area contributed by atoms with Crippen LogP contribution in [0.4, 0.5) is 0 Å². The summed E-state index contributed by atoms with van der Waals surface area (Å²) in [5.41, 5.74) is 0.419. The zero-order valence-corrected chi connectivity index (χ0v) is 9.94. The van der Waals surface area contributed by atoms with Crippen LogP contribution in [-0.4, -0.2) is 25.8 Å². The van der Waals surface area contributed by atoms with Crippen LogP contribution in [0.5, 0.6) is 0 Å². The van der Waals surface area contributed by atoms with Gasteiger partial charge in [0.25, 0.3) is 0 Å². The number of hydrogen-bond acceptors (Lipinski definition) is 2. The Morgan fingerprint density at radius 1 is 1.43 bits per heavy atom. The standard InChI is InChI=1S/C12H25NO/c1-4-13-10-12(2,3)8-7-11-6-5-9-14-11/h11,13H,4-10H2,1-3H3. The van der Waals surface area contributed by atoms with Crippen molar-refractivity contribution >= 4 is 0 Å². The minimum Gasteiger partial charge on any atom is -0.378 e. The second-order valence-corrected chi connectivity index (χ2v) is 5.12. The fourth-order valence-corrected chi connectivity index (χ4v) is 1.98. The molecule has 0 aromatic rings. The SMILES string of the molecule is CCNCC(C)(C)CCC1CCCO1. The molecule has 0 aromatic carbocycles. The fraction of sp³-hybridized carbons (Fsp3) is 1.00. The van der Waals surface area contributed by atoms with Crippen molar-refractivity contribution in [3.05, 3.63) is 0 Å². The molecule has 1 saturated heterocycles. The lowest BCUT2D eigenvalue weighted by Gasteiger charge is -2.26. The maximum Gasteiger partial charge on any atom is 0.0576 e. The first kappa shape index (κ1) is 12.0. The van der Waals surface area contributed by atoms with Crippen molar-refractivity contribution in [2.45, 2.75) is 52.6 Å². The second kappa shape index (κ2) is 5.72. The normalized spacial score (nSPS) is 22.9. The summed E-state index contributed by atoms with van der Waals surface area (Å²) < 4.78 is 5.63. The predicted octanol–water partition coefficient (Wildman–Crippen LogP) is 2.58. The van der Waals surface area contributed by atoms with Gasteiger partial charge in [0.2, 0.25) is 0 Å². The summed E-state index contributed by atoms with van der Waals surface area (Å²) >= 11 is 0. The Bertz CT molecular complexity index is 150. The molecule has 14 heavy (non-hydrogen) atoms. The van der Waals surface area contributed by atoms with Gasteiger partial charge in [0.15, 0.2) is 0 Å². The topological polar surface area (TPSA) is 21.3 Å². The van der Waals surface area contributed by atoms with E-state index >= 15 is 0 Å². The van der Waals surface area contributed by atoms with Gasteiger partial charge in [-0.2, -0.15) is 0 Å². The fourth-order valence-electron chi connectivity index (χ4n) is 1.98. The zero-order valence-electron chi connectivity index (χ0n) is 9.94. The molecule has 0 spiro atoms. The first-order valence-corrected chi connectivity index (χ1v) is 5.96. The van der Waals surface area contributed by atoms with Crippen LogP contribution in [0.2, 0.25) is 0 Å². The van der Waals surface area contributed by atoms with E-state index in [-0.39, 0.29) is 0 Å². The van der Waals surface area contributed by atoms with E-state index in [4.69, 9.17) is 4.74 Å². The van der Waals surface area contributed by atoms with E-state index in [1.165, 1.54) is 25.7 Å². The van der Waals surface area contributed by atoms with E-state index in [0.29, 0.717) is 11.5 Å². The van der Waals surface area contributed by atoms with E-state index in [2.05, 4.69) is 26.1 Å². The highest BCUT2D eigenvalue weighted by Crippen LogP contribution is 2.26. The average molecular weight is 199 g/mol. The highest BCUT2D eigenvalue weighted by atomic mass is 16.5. The molecule has 1 N–H and O–H groups in total. The summed E-state index contributed by atoms with van der Waals surface area (Å²) in [4.78, 5) is 0. The van der Waals surface area contributed by atoms with Crippen molar-refractivity contribution in [3.63, 3.8) is 0 Å². The lowest BCUT2D eigenvalue weighted by molar-refractivity contribution is 0.0915. The molecule has 1 aliphatic rings. The van der Waals surface area contributed by atoms with Gasteiger partial charge in [-0.15, -0.1) is 0 Å². The Balaban J connectivity index is 2.14. The minimum absolute atomic E-state index is 0.419. The summed E-state index contributed by atoms with van der Waals surface area (Å²) in [5.74, 6) is 0. The molecule has 0 saturated carbocycles. The van der Waals surface area contributed by atoms with E-state index in [0.717, 1.165) is 19.7 Å². The molecule has 0 bridgehead atoms. The van der Waals surface area contributed by atoms with Crippen LogP contribution < -0.4 is 5.32 Å². The Hall–Kier alpha value is -0.0800. The Kier molecular flexibility index (Phi) is 4.90. The summed E-state index contributed by atoms with van der Waals surface area (Å²) in [5, 5.41) is 3.42. The minimum atomic E-state index is 0.419. The zero-order chi connectivity index (χ0) is 10.4. The first-order valence-electron chi connectivity index (χ1n) is 5.96. The molecule has 1 aliphatic heterocycles. The largest absolute Gasteiger partial charge is 0.378 e. The van der Waals surface area contributed by atoms with Crippen molar-refractivity contribution in [1.29, 1.82) is 0 Å². The van der Waals surface area contributed by atoms with Gasteiger partial charge < -0.3 is 10.1 Å². The quantitative estimate of drug-likeness (QED) is 0.710. The maximum atomic E-state index is 5.63. The number of rotatable bonds is 6. The number of ether oxygens (including phenoxy) is 1. The lowest BCUT2D eigenvalue weighted by Crippen LogP contribution is -2.30. The van der Waals surface area contributed by atoms with Crippen LogP contribution in [-0.2, 0) is 4.74 Å². The van der Waals surface area contributed by atoms with Gasteiger partial charge in [-0.05, 0) is 37.6 Å². The molecule has 0 amide bonds. The molecular formula is C12H25NO. The first-order chi connectivity index (χ1) is 6.64. The molecule has 1 rings (SSSR count). The van der Waals surface area contributed by atoms with Crippen LogP contribution in [0.15, 0.2) is 0 Å².